The molecule has 148 valence electrons. The van der Waals surface area contributed by atoms with Crippen LogP contribution in [0.4, 0.5) is 0 Å². The molecule has 28 heavy (non-hydrogen) atoms. The summed E-state index contributed by atoms with van der Waals surface area (Å²) < 4.78 is 16.4. The first-order valence-corrected chi connectivity index (χ1v) is 9.35. The molecule has 4 rings (SSSR count). The second-order valence-corrected chi connectivity index (χ2v) is 7.04. The summed E-state index contributed by atoms with van der Waals surface area (Å²) in [4.78, 5) is 16.8. The van der Waals surface area contributed by atoms with Gasteiger partial charge in [-0.2, -0.15) is 0 Å². The number of hydrogen-bond acceptors (Lipinski definition) is 10. The minimum atomic E-state index is -1.55. The highest BCUT2D eigenvalue weighted by Crippen LogP contribution is 2.27. The van der Waals surface area contributed by atoms with Crippen LogP contribution in [0.3, 0.4) is 0 Å². The van der Waals surface area contributed by atoms with Gasteiger partial charge in [-0.15, -0.1) is 11.3 Å². The fourth-order valence-electron chi connectivity index (χ4n) is 3.00. The lowest BCUT2D eigenvalue weighted by atomic mass is 9.99. The van der Waals surface area contributed by atoms with Crippen molar-refractivity contribution < 1.29 is 34.3 Å². The van der Waals surface area contributed by atoms with Crippen LogP contribution in [0.5, 0.6) is 5.75 Å². The molecule has 4 N–H and O–H groups in total. The van der Waals surface area contributed by atoms with Gasteiger partial charge in [-0.25, -0.2) is 4.98 Å². The van der Waals surface area contributed by atoms with Crippen molar-refractivity contribution in [3.63, 3.8) is 0 Å². The third kappa shape index (κ3) is 3.30. The van der Waals surface area contributed by atoms with Crippen molar-refractivity contribution in [1.82, 2.24) is 4.98 Å². The van der Waals surface area contributed by atoms with Crippen molar-refractivity contribution >= 4 is 22.3 Å². The van der Waals surface area contributed by atoms with Crippen LogP contribution in [0.25, 0.3) is 22.2 Å². The zero-order chi connectivity index (χ0) is 19.8. The second kappa shape index (κ2) is 7.59. The van der Waals surface area contributed by atoms with Gasteiger partial charge in [0.05, 0.1) is 28.8 Å². The fourth-order valence-corrected chi connectivity index (χ4v) is 3.56. The van der Waals surface area contributed by atoms with Crippen LogP contribution in [0, 0.1) is 0 Å². The molecule has 1 aliphatic rings. The molecule has 1 fully saturated rings. The summed E-state index contributed by atoms with van der Waals surface area (Å²) in [5.74, 6) is 0.210. The van der Waals surface area contributed by atoms with E-state index in [1.807, 2.05) is 0 Å². The van der Waals surface area contributed by atoms with E-state index in [-0.39, 0.29) is 16.8 Å². The summed E-state index contributed by atoms with van der Waals surface area (Å²) in [6.45, 7) is -0.559. The van der Waals surface area contributed by atoms with Crippen LogP contribution in [0.15, 0.2) is 44.6 Å². The fraction of sp³-hybridized carbons (Fsp3) is 0.333. The summed E-state index contributed by atoms with van der Waals surface area (Å²) in [5.41, 5.74) is 2.51. The number of fused-ring (bicyclic) bond motifs is 1. The number of nitrogens with zero attached hydrogens (tertiary/aromatic N) is 1. The highest BCUT2D eigenvalue weighted by Gasteiger charge is 2.44. The molecule has 10 heteroatoms. The minimum absolute atomic E-state index is 0.210. The Morgan fingerprint density at radius 3 is 2.71 bits per heavy atom. The van der Waals surface area contributed by atoms with Gasteiger partial charge in [-0.1, -0.05) is 0 Å². The molecule has 1 aliphatic heterocycles. The van der Waals surface area contributed by atoms with Crippen molar-refractivity contribution in [3.8, 4) is 17.0 Å². The van der Waals surface area contributed by atoms with E-state index in [0.29, 0.717) is 16.6 Å². The summed E-state index contributed by atoms with van der Waals surface area (Å²) in [6.07, 6.45) is -5.64. The quantitative estimate of drug-likeness (QED) is 0.473. The predicted molar refractivity (Wildman–Crippen MR) is 98.0 cm³/mol. The molecule has 0 spiro atoms. The van der Waals surface area contributed by atoms with E-state index in [0.717, 1.165) is 0 Å². The van der Waals surface area contributed by atoms with Gasteiger partial charge < -0.3 is 34.3 Å². The smallest absolute Gasteiger partial charge is 0.229 e. The minimum Gasteiger partial charge on any atom is -0.463 e. The highest BCUT2D eigenvalue weighted by molar-refractivity contribution is 7.07. The first-order chi connectivity index (χ1) is 13.5. The number of thiazole rings is 1. The van der Waals surface area contributed by atoms with Crippen LogP contribution in [-0.2, 0) is 4.74 Å². The Hall–Kier alpha value is -2.34. The SMILES string of the molecule is O=c1c(-c2cscn2)coc2cc(O[C@H]3O[C@@H](CO)[C@@H](O)[C@@H](O)[C@H]3O)ccc12. The normalized spacial score (nSPS) is 27.8. The third-order valence-electron chi connectivity index (χ3n) is 4.56. The van der Waals surface area contributed by atoms with Crippen LogP contribution in [0.1, 0.15) is 0 Å². The molecule has 0 aliphatic carbocycles. The second-order valence-electron chi connectivity index (χ2n) is 6.33. The molecule has 2 aromatic heterocycles. The van der Waals surface area contributed by atoms with Crippen molar-refractivity contribution in [2.45, 2.75) is 30.7 Å². The molecule has 1 aromatic carbocycles. The lowest BCUT2D eigenvalue weighted by Gasteiger charge is -2.39. The highest BCUT2D eigenvalue weighted by atomic mass is 32.1. The van der Waals surface area contributed by atoms with Crippen molar-refractivity contribution in [1.29, 1.82) is 0 Å². The Labute approximate surface area is 162 Å². The lowest BCUT2D eigenvalue weighted by Crippen LogP contribution is -2.60. The molecule has 0 amide bonds. The van der Waals surface area contributed by atoms with Gasteiger partial charge in [-0.3, -0.25) is 4.79 Å². The molecule has 0 saturated carbocycles. The summed E-state index contributed by atoms with van der Waals surface area (Å²) >= 11 is 1.37. The molecular formula is C18H17NO8S. The van der Waals surface area contributed by atoms with E-state index in [2.05, 4.69) is 4.98 Å². The summed E-state index contributed by atoms with van der Waals surface area (Å²) in [6, 6.07) is 4.45. The zero-order valence-corrected chi connectivity index (χ0v) is 15.2. The van der Waals surface area contributed by atoms with E-state index >= 15 is 0 Å². The maximum Gasteiger partial charge on any atom is 0.229 e. The molecule has 9 nitrogen and oxygen atoms in total. The van der Waals surface area contributed by atoms with E-state index < -0.39 is 37.3 Å². The summed E-state index contributed by atoms with van der Waals surface area (Å²) in [7, 11) is 0. The largest absolute Gasteiger partial charge is 0.463 e. The topological polar surface area (TPSA) is 142 Å². The number of aliphatic hydroxyl groups is 4. The van der Waals surface area contributed by atoms with Gasteiger partial charge in [0.15, 0.2) is 0 Å². The molecule has 0 unspecified atom stereocenters. The van der Waals surface area contributed by atoms with Crippen LogP contribution in [0.2, 0.25) is 0 Å². The zero-order valence-electron chi connectivity index (χ0n) is 14.3. The summed E-state index contributed by atoms with van der Waals surface area (Å²) in [5, 5.41) is 41.0. The Morgan fingerprint density at radius 2 is 2.00 bits per heavy atom. The van der Waals surface area contributed by atoms with Crippen LogP contribution < -0.4 is 10.2 Å². The van der Waals surface area contributed by atoms with E-state index in [4.69, 9.17) is 13.9 Å². The average molecular weight is 407 g/mol. The Kier molecular flexibility index (Phi) is 5.15. The van der Waals surface area contributed by atoms with E-state index in [1.165, 1.54) is 35.8 Å². The predicted octanol–water partition coefficient (Wildman–Crippen LogP) is 0.0952. The van der Waals surface area contributed by atoms with Gasteiger partial charge >= 0.3 is 0 Å². The number of aliphatic hydroxyl groups excluding tert-OH is 4. The number of hydrogen-bond donors (Lipinski definition) is 4. The van der Waals surface area contributed by atoms with Gasteiger partial charge in [0, 0.05) is 11.4 Å². The molecule has 0 radical (unpaired) electrons. The standard InChI is InChI=1S/C18H17NO8S/c20-4-13-15(22)16(23)17(24)18(27-13)26-8-1-2-9-12(3-8)25-5-10(14(9)21)11-6-28-7-19-11/h1-3,5-7,13,15-18,20,22-24H,4H2/t13-,15+,16+,17+,18-/m0/s1. The molecule has 3 heterocycles. The number of aromatic nitrogens is 1. The first kappa shape index (κ1) is 19.0. The maximum atomic E-state index is 12.7. The van der Waals surface area contributed by atoms with Crippen LogP contribution in [-0.4, -0.2) is 62.7 Å². The van der Waals surface area contributed by atoms with E-state index in [1.54, 1.807) is 10.9 Å². The maximum absolute atomic E-state index is 12.7. The van der Waals surface area contributed by atoms with Crippen LogP contribution >= 0.6 is 11.3 Å². The first-order valence-electron chi connectivity index (χ1n) is 8.41. The van der Waals surface area contributed by atoms with Gasteiger partial charge in [0.25, 0.3) is 0 Å². The number of ether oxygens (including phenoxy) is 2. The Morgan fingerprint density at radius 1 is 1.18 bits per heavy atom. The average Bonchev–Trinajstić information content (AvgIpc) is 3.23. The van der Waals surface area contributed by atoms with Gasteiger partial charge in [-0.05, 0) is 12.1 Å². The Bertz CT molecular complexity index is 1020. The molecule has 5 atom stereocenters. The van der Waals surface area contributed by atoms with Gasteiger partial charge in [0.2, 0.25) is 11.7 Å². The molecule has 3 aromatic rings. The lowest BCUT2D eigenvalue weighted by molar-refractivity contribution is -0.277. The van der Waals surface area contributed by atoms with Gasteiger partial charge in [0.1, 0.15) is 42.0 Å². The monoisotopic (exact) mass is 407 g/mol. The van der Waals surface area contributed by atoms with Crippen molar-refractivity contribution in [2.75, 3.05) is 6.61 Å². The van der Waals surface area contributed by atoms with E-state index in [9.17, 15) is 25.2 Å². The number of rotatable bonds is 4. The molecular weight excluding hydrogens is 390 g/mol. The Balaban J connectivity index is 1.62. The van der Waals surface area contributed by atoms with Crippen molar-refractivity contribution in [3.05, 3.63) is 45.6 Å². The molecule has 0 bridgehead atoms. The third-order valence-corrected chi connectivity index (χ3v) is 5.14. The van der Waals surface area contributed by atoms with Crippen molar-refractivity contribution in [2.24, 2.45) is 0 Å². The molecule has 1 saturated heterocycles. The number of benzene rings is 1.